The van der Waals surface area contributed by atoms with Crippen molar-refractivity contribution in [2.24, 2.45) is 7.05 Å². The minimum Gasteiger partial charge on any atom is -0.438 e. The van der Waals surface area contributed by atoms with Crippen LogP contribution < -0.4 is 20.7 Å². The van der Waals surface area contributed by atoms with Gasteiger partial charge in [0, 0.05) is 72.8 Å². The highest BCUT2D eigenvalue weighted by atomic mass is 16.5. The lowest BCUT2D eigenvalue weighted by Gasteiger charge is -2.14. The number of aromatic nitrogens is 4. The summed E-state index contributed by atoms with van der Waals surface area (Å²) in [6.45, 7) is 7.87. The Kier molecular flexibility index (Phi) is 11.4. The predicted octanol–water partition coefficient (Wildman–Crippen LogP) is 6.06. The molecule has 5 aromatic rings. The smallest absolute Gasteiger partial charge is 0.324 e. The number of terminal acetylenes is 1. The van der Waals surface area contributed by atoms with Gasteiger partial charge in [-0.2, -0.15) is 10.1 Å². The maximum absolute atomic E-state index is 13.0. The highest BCUT2D eigenvalue weighted by Crippen LogP contribution is 2.34. The van der Waals surface area contributed by atoms with E-state index in [9.17, 15) is 9.59 Å². The molecule has 12 nitrogen and oxygen atoms in total. The number of carbonyl (C=O) groups excluding carboxylic acids is 2. The Bertz CT molecular complexity index is 2030. The lowest BCUT2D eigenvalue weighted by molar-refractivity contribution is 0.0692. The number of benzene rings is 3. The zero-order valence-corrected chi connectivity index (χ0v) is 28.9. The number of urea groups is 1. The number of aryl methyl sites for hydroxylation is 1. The summed E-state index contributed by atoms with van der Waals surface area (Å²) >= 11 is 0. The second-order valence-electron chi connectivity index (χ2n) is 12.5. The second-order valence-corrected chi connectivity index (χ2v) is 12.5. The van der Waals surface area contributed by atoms with E-state index in [0.29, 0.717) is 72.9 Å². The van der Waals surface area contributed by atoms with Gasteiger partial charge in [0.15, 0.2) is 0 Å². The Balaban J connectivity index is 1.28. The number of hydrogen-bond donors (Lipinski definition) is 3. The summed E-state index contributed by atoms with van der Waals surface area (Å²) < 4.78 is 18.3. The number of fused-ring (bicyclic) bond motifs is 1. The fraction of sp³-hybridized carbons (Fsp3) is 0.289. The molecule has 3 aromatic carbocycles. The summed E-state index contributed by atoms with van der Waals surface area (Å²) in [6, 6.07) is 19.6. The van der Waals surface area contributed by atoms with Gasteiger partial charge >= 0.3 is 6.03 Å². The normalized spacial score (nSPS) is 11.2. The summed E-state index contributed by atoms with van der Waals surface area (Å²) in [5.74, 6) is 4.32. The highest BCUT2D eigenvalue weighted by Gasteiger charge is 2.20. The van der Waals surface area contributed by atoms with Gasteiger partial charge in [0.25, 0.3) is 5.91 Å². The van der Waals surface area contributed by atoms with Crippen LogP contribution in [-0.2, 0) is 28.4 Å². The van der Waals surface area contributed by atoms with Crippen molar-refractivity contribution >= 4 is 34.2 Å². The molecule has 258 valence electrons. The van der Waals surface area contributed by atoms with E-state index in [1.807, 2.05) is 36.4 Å². The fourth-order valence-electron chi connectivity index (χ4n) is 5.10. The molecule has 0 fully saturated rings. The van der Waals surface area contributed by atoms with Crippen LogP contribution in [0.4, 0.5) is 16.3 Å². The molecule has 5 rings (SSSR count). The van der Waals surface area contributed by atoms with Gasteiger partial charge in [0.2, 0.25) is 5.88 Å². The van der Waals surface area contributed by atoms with E-state index in [2.05, 4.69) is 57.7 Å². The van der Waals surface area contributed by atoms with Crippen molar-refractivity contribution in [3.8, 4) is 24.0 Å². The van der Waals surface area contributed by atoms with Crippen LogP contribution in [0.3, 0.4) is 0 Å². The summed E-state index contributed by atoms with van der Waals surface area (Å²) in [6.07, 6.45) is 7.64. The van der Waals surface area contributed by atoms with E-state index in [1.165, 1.54) is 0 Å². The van der Waals surface area contributed by atoms with E-state index in [0.717, 1.165) is 22.0 Å². The zero-order valence-electron chi connectivity index (χ0n) is 28.9. The van der Waals surface area contributed by atoms with Crippen molar-refractivity contribution in [3.05, 3.63) is 101 Å². The van der Waals surface area contributed by atoms with E-state index in [1.54, 1.807) is 55.4 Å². The number of nitrogens with one attached hydrogen (secondary N) is 3. The van der Waals surface area contributed by atoms with Crippen molar-refractivity contribution in [1.82, 2.24) is 25.1 Å². The van der Waals surface area contributed by atoms with Crippen molar-refractivity contribution in [2.75, 3.05) is 44.1 Å². The van der Waals surface area contributed by atoms with Gasteiger partial charge < -0.3 is 24.8 Å². The monoisotopic (exact) mass is 675 g/mol. The third-order valence-electron chi connectivity index (χ3n) is 7.66. The Hall–Kier alpha value is -5.77. The number of ether oxygens (including phenoxy) is 3. The van der Waals surface area contributed by atoms with Gasteiger partial charge in [-0.3, -0.25) is 14.8 Å². The van der Waals surface area contributed by atoms with Crippen molar-refractivity contribution < 1.29 is 23.8 Å². The highest BCUT2D eigenvalue weighted by molar-refractivity contribution is 6.07. The average molecular weight is 676 g/mol. The molecule has 0 spiro atoms. The number of rotatable bonds is 13. The topological polar surface area (TPSA) is 142 Å². The molecule has 0 atom stereocenters. The number of nitrogens with zero attached hydrogens (tertiary/aromatic N) is 4. The van der Waals surface area contributed by atoms with Gasteiger partial charge in [-0.1, -0.05) is 51.0 Å². The number of methoxy groups -OCH3 is 1. The first-order valence-electron chi connectivity index (χ1n) is 16.1. The molecule has 3 N–H and O–H groups in total. The number of amides is 3. The van der Waals surface area contributed by atoms with Gasteiger partial charge in [0.05, 0.1) is 31.2 Å². The molecule has 0 saturated carbocycles. The Morgan fingerprint density at radius 1 is 0.960 bits per heavy atom. The van der Waals surface area contributed by atoms with Gasteiger partial charge in [-0.25, -0.2) is 9.78 Å². The van der Waals surface area contributed by atoms with Crippen LogP contribution in [0.1, 0.15) is 53.8 Å². The summed E-state index contributed by atoms with van der Waals surface area (Å²) in [7, 11) is 3.39. The molecule has 0 bridgehead atoms. The molecule has 2 aromatic heterocycles. The van der Waals surface area contributed by atoms with Crippen molar-refractivity contribution in [3.63, 3.8) is 0 Å². The molecule has 2 heterocycles. The number of anilines is 2. The Morgan fingerprint density at radius 3 is 2.50 bits per heavy atom. The zero-order chi connectivity index (χ0) is 35.7. The minimum absolute atomic E-state index is 0.153. The molecule has 0 saturated heterocycles. The number of carbonyl (C=O) groups is 2. The van der Waals surface area contributed by atoms with E-state index < -0.39 is 6.03 Å². The molecule has 0 unspecified atom stereocenters. The SMILES string of the molecule is C#Cc1cc(Cc2nccc(Oc3ccc(NC(=O)Nc4cc(C(C)(C)C)nn4C)c4ccccc34)n2)cc(C(=O)NCCOCCOC)c1. The van der Waals surface area contributed by atoms with Crippen LogP contribution in [0.2, 0.25) is 0 Å². The second kappa shape index (κ2) is 16.1. The first kappa shape index (κ1) is 35.5. The summed E-state index contributed by atoms with van der Waals surface area (Å²) in [5, 5.41) is 14.8. The van der Waals surface area contributed by atoms with Crippen molar-refractivity contribution in [1.29, 1.82) is 0 Å². The molecule has 0 aliphatic heterocycles. The van der Waals surface area contributed by atoms with Crippen LogP contribution in [0.5, 0.6) is 11.6 Å². The Morgan fingerprint density at radius 2 is 1.76 bits per heavy atom. The molecule has 0 aliphatic rings. The van der Waals surface area contributed by atoms with E-state index in [4.69, 9.17) is 20.6 Å². The standard InChI is InChI=1S/C38H41N7O5/c1-7-25-20-26(22-27(21-25)36(46)40-16-17-49-19-18-48-6)23-33-39-15-14-35(42-33)50-31-13-12-30(28-10-8-9-11-29(28)31)41-37(47)43-34-24-32(38(2,3)4)44-45(34)5/h1,8-15,20-22,24H,16-19,23H2,2-6H3,(H,40,46)(H2,41,43,47). The van der Waals surface area contributed by atoms with Gasteiger partial charge in [-0.05, 0) is 35.9 Å². The predicted molar refractivity (Wildman–Crippen MR) is 193 cm³/mol. The molecule has 12 heteroatoms. The quantitative estimate of drug-likeness (QED) is 0.101. The van der Waals surface area contributed by atoms with Crippen LogP contribution in [0, 0.1) is 12.3 Å². The summed E-state index contributed by atoms with van der Waals surface area (Å²) in [4.78, 5) is 34.9. The lowest BCUT2D eigenvalue weighted by atomic mass is 9.92. The number of hydrogen-bond acceptors (Lipinski definition) is 8. The molecule has 3 amide bonds. The van der Waals surface area contributed by atoms with Crippen LogP contribution in [0.15, 0.2) is 72.9 Å². The lowest BCUT2D eigenvalue weighted by Crippen LogP contribution is -2.27. The molecule has 50 heavy (non-hydrogen) atoms. The average Bonchev–Trinajstić information content (AvgIpc) is 3.47. The first-order valence-corrected chi connectivity index (χ1v) is 16.1. The maximum Gasteiger partial charge on any atom is 0.324 e. The third-order valence-corrected chi connectivity index (χ3v) is 7.66. The van der Waals surface area contributed by atoms with Crippen LogP contribution in [-0.4, -0.2) is 65.2 Å². The molecule has 0 aliphatic carbocycles. The fourth-order valence-corrected chi connectivity index (χ4v) is 5.10. The summed E-state index contributed by atoms with van der Waals surface area (Å²) in [5.41, 5.74) is 3.11. The van der Waals surface area contributed by atoms with Crippen LogP contribution >= 0.6 is 0 Å². The van der Waals surface area contributed by atoms with Crippen molar-refractivity contribution in [2.45, 2.75) is 32.6 Å². The maximum atomic E-state index is 13.0. The first-order chi connectivity index (χ1) is 24.0. The largest absolute Gasteiger partial charge is 0.438 e. The molecule has 0 radical (unpaired) electrons. The van der Waals surface area contributed by atoms with E-state index >= 15 is 0 Å². The minimum atomic E-state index is -0.394. The van der Waals surface area contributed by atoms with Gasteiger partial charge in [0.1, 0.15) is 17.4 Å². The Labute approximate surface area is 291 Å². The molecular formula is C38H41N7O5. The van der Waals surface area contributed by atoms with E-state index in [-0.39, 0.29) is 11.3 Å². The third kappa shape index (κ3) is 9.22. The van der Waals surface area contributed by atoms with Gasteiger partial charge in [-0.15, -0.1) is 6.42 Å². The molecular weight excluding hydrogens is 634 g/mol. The van der Waals surface area contributed by atoms with Crippen LogP contribution in [0.25, 0.3) is 10.8 Å².